The highest BCUT2D eigenvalue weighted by Crippen LogP contribution is 2.27. The largest absolute Gasteiger partial charge is 0.504 e. The van der Waals surface area contributed by atoms with E-state index >= 15 is 0 Å². The van der Waals surface area contributed by atoms with E-state index in [1.165, 1.54) is 6.08 Å². The number of hydrogen-bond donors (Lipinski definition) is 1. The van der Waals surface area contributed by atoms with Crippen molar-refractivity contribution in [1.29, 1.82) is 0 Å². The first kappa shape index (κ1) is 8.87. The Bertz CT molecular complexity index is 427. The van der Waals surface area contributed by atoms with Gasteiger partial charge in [0.1, 0.15) is 0 Å². The Balaban J connectivity index is 2.60. The van der Waals surface area contributed by atoms with E-state index in [1.54, 1.807) is 6.92 Å². The van der Waals surface area contributed by atoms with Gasteiger partial charge >= 0.3 is 0 Å². The molecule has 0 unspecified atom stereocenters. The minimum atomic E-state index is -0.807. The molecule has 14 heavy (non-hydrogen) atoms. The first-order chi connectivity index (χ1) is 6.61. The number of rotatable bonds is 0. The van der Waals surface area contributed by atoms with Gasteiger partial charge in [0.05, 0.1) is 0 Å². The molecule has 0 aromatic heterocycles. The Hall–Kier alpha value is -1.71. The summed E-state index contributed by atoms with van der Waals surface area (Å²) in [7, 11) is 0. The topological polar surface area (TPSA) is 66.7 Å². The second-order valence-electron chi connectivity index (χ2n) is 3.30. The summed E-state index contributed by atoms with van der Waals surface area (Å²) in [6.07, 6.45) is 1.78. The van der Waals surface area contributed by atoms with Gasteiger partial charge in [-0.15, -0.1) is 0 Å². The molecule has 0 aromatic rings. The molecule has 0 atom stereocenters. The summed E-state index contributed by atoms with van der Waals surface area (Å²) < 4.78 is 0. The van der Waals surface area contributed by atoms with Gasteiger partial charge < -0.3 is 5.11 Å². The predicted octanol–water partition coefficient (Wildman–Crippen LogP) is 0.741. The third-order valence-corrected chi connectivity index (χ3v) is 2.43. The summed E-state index contributed by atoms with van der Waals surface area (Å²) in [6, 6.07) is 0. The molecule has 2 rings (SSSR count). The highest BCUT2D eigenvalue weighted by atomic mass is 16.3. The zero-order chi connectivity index (χ0) is 10.3. The number of carbonyl (C=O) groups excluding carboxylic acids is 2. The molecule has 0 saturated carbocycles. The van der Waals surface area contributed by atoms with Crippen LogP contribution in [0.1, 0.15) is 13.3 Å². The molecule has 1 aliphatic carbocycles. The summed E-state index contributed by atoms with van der Waals surface area (Å²) in [6.45, 7) is 2.32. The Kier molecular flexibility index (Phi) is 1.84. The number of aliphatic imine (C=N–C) groups is 1. The number of fused-ring (bicyclic) bond motifs is 1. The van der Waals surface area contributed by atoms with Crippen molar-refractivity contribution < 1.29 is 14.7 Å². The smallest absolute Gasteiger partial charge is 0.267 e. The Morgan fingerprint density at radius 3 is 2.86 bits per heavy atom. The minimum absolute atomic E-state index is 0.401. The lowest BCUT2D eigenvalue weighted by Crippen LogP contribution is -2.25. The van der Waals surface area contributed by atoms with Crippen LogP contribution in [0, 0.1) is 0 Å². The third-order valence-electron chi connectivity index (χ3n) is 2.43. The molecule has 4 heteroatoms. The molecule has 0 bridgehead atoms. The van der Waals surface area contributed by atoms with Crippen LogP contribution in [0.2, 0.25) is 0 Å². The summed E-state index contributed by atoms with van der Waals surface area (Å²) in [4.78, 5) is 26.4. The molecule has 0 radical (unpaired) electrons. The predicted molar refractivity (Wildman–Crippen MR) is 50.3 cm³/mol. The first-order valence-electron chi connectivity index (χ1n) is 4.35. The monoisotopic (exact) mass is 191 g/mol. The Morgan fingerprint density at radius 2 is 2.14 bits per heavy atom. The number of hydrogen-bond acceptors (Lipinski definition) is 4. The van der Waals surface area contributed by atoms with Crippen LogP contribution in [-0.2, 0) is 9.59 Å². The van der Waals surface area contributed by atoms with Crippen molar-refractivity contribution in [3.63, 3.8) is 0 Å². The number of aliphatic hydroxyl groups is 1. The van der Waals surface area contributed by atoms with Gasteiger partial charge in [-0.25, -0.2) is 0 Å². The van der Waals surface area contributed by atoms with Crippen molar-refractivity contribution in [2.24, 2.45) is 4.99 Å². The molecule has 0 saturated heterocycles. The van der Waals surface area contributed by atoms with E-state index < -0.39 is 17.3 Å². The summed E-state index contributed by atoms with van der Waals surface area (Å²) in [5, 5.41) is 9.47. The van der Waals surface area contributed by atoms with Gasteiger partial charge in [-0.1, -0.05) is 0 Å². The van der Waals surface area contributed by atoms with Crippen molar-refractivity contribution in [2.75, 3.05) is 6.54 Å². The SMILES string of the molecule is CC1=NCCC2=C(O)C(=O)C(=O)C=C12. The molecule has 0 amide bonds. The Morgan fingerprint density at radius 1 is 1.43 bits per heavy atom. The maximum atomic E-state index is 11.1. The van der Waals surface area contributed by atoms with Crippen molar-refractivity contribution in [3.8, 4) is 0 Å². The standard InChI is InChI=1S/C10H9NO3/c1-5-7-4-8(12)10(14)9(13)6(7)2-3-11-5/h4,13H,2-3H2,1H3. The summed E-state index contributed by atoms with van der Waals surface area (Å²) >= 11 is 0. The number of ketones is 2. The van der Waals surface area contributed by atoms with E-state index in [0.29, 0.717) is 29.8 Å². The van der Waals surface area contributed by atoms with Crippen LogP contribution in [0.4, 0.5) is 0 Å². The van der Waals surface area contributed by atoms with Crippen molar-refractivity contribution in [2.45, 2.75) is 13.3 Å². The van der Waals surface area contributed by atoms with Gasteiger partial charge in [0, 0.05) is 23.4 Å². The van der Waals surface area contributed by atoms with Gasteiger partial charge in [0.2, 0.25) is 5.78 Å². The fraction of sp³-hybridized carbons (Fsp3) is 0.300. The van der Waals surface area contributed by atoms with Crippen molar-refractivity contribution in [3.05, 3.63) is 23.0 Å². The number of carbonyl (C=O) groups is 2. The number of Topliss-reactive ketones (excluding diaryl/α,β-unsaturated/α-hetero) is 1. The molecule has 0 fully saturated rings. The average Bonchev–Trinajstić information content (AvgIpc) is 2.17. The van der Waals surface area contributed by atoms with Crippen LogP contribution < -0.4 is 0 Å². The maximum Gasteiger partial charge on any atom is 0.267 e. The van der Waals surface area contributed by atoms with Gasteiger partial charge in [0.15, 0.2) is 5.76 Å². The lowest BCUT2D eigenvalue weighted by Gasteiger charge is -2.20. The lowest BCUT2D eigenvalue weighted by molar-refractivity contribution is -0.133. The summed E-state index contributed by atoms with van der Waals surface area (Å²) in [5.41, 5.74) is 1.87. The molecule has 2 aliphatic rings. The number of aliphatic hydroxyl groups excluding tert-OH is 1. The number of allylic oxidation sites excluding steroid dienone is 3. The molecule has 0 aromatic carbocycles. The van der Waals surface area contributed by atoms with Crippen molar-refractivity contribution in [1.82, 2.24) is 0 Å². The van der Waals surface area contributed by atoms with Crippen molar-refractivity contribution >= 4 is 17.3 Å². The van der Waals surface area contributed by atoms with E-state index in [9.17, 15) is 14.7 Å². The fourth-order valence-electron chi connectivity index (χ4n) is 1.66. The Labute approximate surface area is 80.6 Å². The van der Waals surface area contributed by atoms with E-state index in [1.807, 2.05) is 0 Å². The third kappa shape index (κ3) is 1.11. The normalized spacial score (nSPS) is 21.8. The van der Waals surface area contributed by atoms with Gasteiger partial charge in [0.25, 0.3) is 5.78 Å². The molecule has 1 N–H and O–H groups in total. The molecule has 72 valence electrons. The van der Waals surface area contributed by atoms with Crippen LogP contribution in [0.25, 0.3) is 0 Å². The van der Waals surface area contributed by atoms with Crippen LogP contribution in [-0.4, -0.2) is 28.9 Å². The fourth-order valence-corrected chi connectivity index (χ4v) is 1.66. The zero-order valence-corrected chi connectivity index (χ0v) is 7.70. The van der Waals surface area contributed by atoms with Gasteiger partial charge in [-0.2, -0.15) is 0 Å². The maximum absolute atomic E-state index is 11.1. The first-order valence-corrected chi connectivity index (χ1v) is 4.35. The highest BCUT2D eigenvalue weighted by molar-refractivity contribution is 6.49. The van der Waals surface area contributed by atoms with E-state index in [2.05, 4.69) is 4.99 Å². The van der Waals surface area contributed by atoms with Crippen LogP contribution >= 0.6 is 0 Å². The molecular weight excluding hydrogens is 182 g/mol. The summed E-state index contributed by atoms with van der Waals surface area (Å²) in [5.74, 6) is -1.88. The molecular formula is C10H9NO3. The van der Waals surface area contributed by atoms with Gasteiger partial charge in [-0.05, 0) is 19.4 Å². The van der Waals surface area contributed by atoms with E-state index in [0.717, 1.165) is 0 Å². The molecule has 0 spiro atoms. The minimum Gasteiger partial charge on any atom is -0.504 e. The van der Waals surface area contributed by atoms with E-state index in [4.69, 9.17) is 0 Å². The number of nitrogens with zero attached hydrogens (tertiary/aromatic N) is 1. The lowest BCUT2D eigenvalue weighted by atomic mass is 9.88. The molecule has 4 nitrogen and oxygen atoms in total. The highest BCUT2D eigenvalue weighted by Gasteiger charge is 2.30. The van der Waals surface area contributed by atoms with Crippen LogP contribution in [0.3, 0.4) is 0 Å². The van der Waals surface area contributed by atoms with Crippen LogP contribution in [0.5, 0.6) is 0 Å². The zero-order valence-electron chi connectivity index (χ0n) is 7.70. The van der Waals surface area contributed by atoms with Crippen LogP contribution in [0.15, 0.2) is 28.0 Å². The second kappa shape index (κ2) is 2.90. The van der Waals surface area contributed by atoms with E-state index in [-0.39, 0.29) is 0 Å². The quantitative estimate of drug-likeness (QED) is 0.453. The second-order valence-corrected chi connectivity index (χ2v) is 3.30. The average molecular weight is 191 g/mol. The van der Waals surface area contributed by atoms with Gasteiger partial charge in [-0.3, -0.25) is 14.6 Å². The molecule has 1 heterocycles. The molecule has 1 aliphatic heterocycles.